The zero-order valence-corrected chi connectivity index (χ0v) is 11.6. The molecular formula is C17H16V. The summed E-state index contributed by atoms with van der Waals surface area (Å²) >= 11 is 0. The van der Waals surface area contributed by atoms with Gasteiger partial charge in [-0.3, -0.25) is 0 Å². The summed E-state index contributed by atoms with van der Waals surface area (Å²) in [6, 6.07) is 11.6. The first-order valence-electron chi connectivity index (χ1n) is 8.41. The van der Waals surface area contributed by atoms with Gasteiger partial charge in [0.25, 0.3) is 0 Å². The Labute approximate surface area is 95.2 Å². The second kappa shape index (κ2) is 0.557. The van der Waals surface area contributed by atoms with Gasteiger partial charge in [0.1, 0.15) is 0 Å². The minimum absolute atomic E-state index is 1.12. The molecule has 0 aliphatic carbocycles. The van der Waals surface area contributed by atoms with Crippen LogP contribution in [0.1, 0.15) is 5.56 Å². The molecule has 10 aliphatic heterocycles. The summed E-state index contributed by atoms with van der Waals surface area (Å²) in [6.45, 7) is 0. The van der Waals surface area contributed by atoms with Crippen molar-refractivity contribution in [3.8, 4) is 0 Å². The Balaban J connectivity index is 1.43. The van der Waals surface area contributed by atoms with Crippen LogP contribution in [-0.4, -0.2) is 0 Å². The van der Waals surface area contributed by atoms with E-state index in [9.17, 15) is 0 Å². The Bertz CT molecular complexity index is 1030. The van der Waals surface area contributed by atoms with Crippen LogP contribution < -0.4 is 0 Å². The summed E-state index contributed by atoms with van der Waals surface area (Å²) in [4.78, 5) is 0. The molecule has 1 heteroatoms. The SMILES string of the molecule is c1ccc(C[C]23[CH]4[CH]5[CH]6[CH]2[V]56432789[CH]3[CH]2[CH]7[CH]8[CH]39)cc1. The molecule has 0 saturated carbocycles. The van der Waals surface area contributed by atoms with Gasteiger partial charge >= 0.3 is 95.4 Å². The Morgan fingerprint density at radius 3 is 1.72 bits per heavy atom. The summed E-state index contributed by atoms with van der Waals surface area (Å²) in [5.74, 6) is 0. The second-order valence-electron chi connectivity index (χ2n) is 13.5. The van der Waals surface area contributed by atoms with E-state index in [1.54, 1.807) is 12.0 Å². The first-order chi connectivity index (χ1) is 8.62. The van der Waals surface area contributed by atoms with Gasteiger partial charge in [-0.25, -0.2) is 0 Å². The van der Waals surface area contributed by atoms with Crippen molar-refractivity contribution in [3.63, 3.8) is 0 Å². The molecule has 10 aliphatic rings. The molecule has 1 spiro atoms. The molecule has 0 amide bonds. The molecule has 18 heavy (non-hydrogen) atoms. The van der Waals surface area contributed by atoms with E-state index in [0.717, 1.165) is 4.13 Å². The topological polar surface area (TPSA) is 0 Å². The monoisotopic (exact) mass is 271 g/mol. The van der Waals surface area contributed by atoms with Crippen molar-refractivity contribution in [1.82, 2.24) is 0 Å². The van der Waals surface area contributed by atoms with Crippen LogP contribution in [0.15, 0.2) is 30.3 Å². The number of hydrogen-bond donors (Lipinski definition) is 0. The number of hydrogen-bond acceptors (Lipinski definition) is 0. The van der Waals surface area contributed by atoms with Crippen LogP contribution in [0.5, 0.6) is 0 Å². The summed E-state index contributed by atoms with van der Waals surface area (Å²) in [6.07, 6.45) is 1.58. The van der Waals surface area contributed by atoms with Crippen molar-refractivity contribution in [2.45, 2.75) is 52.2 Å². The maximum atomic E-state index is 2.44. The molecular weight excluding hydrogens is 255 g/mol. The third-order valence-electron chi connectivity index (χ3n) is 19.9. The van der Waals surface area contributed by atoms with Gasteiger partial charge in [-0.15, -0.1) is 0 Å². The number of benzene rings is 1. The van der Waals surface area contributed by atoms with E-state index in [-0.39, 0.29) is 0 Å². The van der Waals surface area contributed by atoms with Crippen molar-refractivity contribution in [2.24, 2.45) is 0 Å². The second-order valence-corrected chi connectivity index (χ2v) is 43.5. The zero-order valence-electron chi connectivity index (χ0n) is 10.2. The van der Waals surface area contributed by atoms with Crippen molar-refractivity contribution in [2.75, 3.05) is 0 Å². The van der Waals surface area contributed by atoms with Crippen molar-refractivity contribution < 1.29 is 7.25 Å². The molecule has 10 fully saturated rings. The van der Waals surface area contributed by atoms with Crippen LogP contribution in [0, 0.1) is 0 Å². The zero-order chi connectivity index (χ0) is 10.8. The third-order valence-corrected chi connectivity index (χ3v) is 74.3. The number of fused-ring (bicyclic) bond motifs is 10. The summed E-state index contributed by atoms with van der Waals surface area (Å²) < 4.78 is 14.7. The Morgan fingerprint density at radius 1 is 0.778 bits per heavy atom. The molecule has 4 atom stereocenters. The predicted octanol–water partition coefficient (Wildman–Crippen LogP) is 4.99. The first-order valence-corrected chi connectivity index (χ1v) is 16.4. The average Bonchev–Trinajstić information content (AvgIpc) is 3.34. The summed E-state index contributed by atoms with van der Waals surface area (Å²) in [7, 11) is -3.03. The molecule has 4 unspecified atom stereocenters. The van der Waals surface area contributed by atoms with Gasteiger partial charge in [-0.05, 0) is 0 Å². The van der Waals surface area contributed by atoms with Gasteiger partial charge in [0, 0.05) is 0 Å². The van der Waals surface area contributed by atoms with Gasteiger partial charge in [-0.1, -0.05) is 0 Å². The molecule has 1 aromatic rings. The van der Waals surface area contributed by atoms with Crippen LogP contribution in [0.4, 0.5) is 0 Å². The van der Waals surface area contributed by atoms with E-state index < -0.39 is 7.25 Å². The van der Waals surface area contributed by atoms with Gasteiger partial charge in [0.2, 0.25) is 0 Å². The summed E-state index contributed by atoms with van der Waals surface area (Å²) in [5, 5.41) is 0. The van der Waals surface area contributed by atoms with E-state index in [4.69, 9.17) is 0 Å². The molecule has 1 aromatic carbocycles. The first kappa shape index (κ1) is 6.50. The van der Waals surface area contributed by atoms with Gasteiger partial charge in [0.05, 0.1) is 0 Å². The molecule has 10 heterocycles. The Kier molecular flexibility index (Phi) is 0.201. The quantitative estimate of drug-likeness (QED) is 0.711. The number of rotatable bonds is 2. The predicted molar refractivity (Wildman–Crippen MR) is 66.6 cm³/mol. The van der Waals surface area contributed by atoms with E-state index in [1.165, 1.54) is 41.7 Å². The van der Waals surface area contributed by atoms with Crippen molar-refractivity contribution in [1.29, 1.82) is 0 Å². The normalized spacial score (nSPS) is 113. The summed E-state index contributed by atoms with van der Waals surface area (Å²) in [5.41, 5.74) is 1.72. The molecule has 10 saturated heterocycles. The molecule has 0 nitrogen and oxygen atoms in total. The Hall–Kier alpha value is -0.196. The maximum absolute atomic E-state index is 3.03. The van der Waals surface area contributed by atoms with Crippen LogP contribution >= 0.6 is 0 Å². The van der Waals surface area contributed by atoms with Gasteiger partial charge in [0.15, 0.2) is 0 Å². The standard InChI is InChI=1S/C12H11.C5H5.V/c1-2-6-11(7-3-1)10-12-8-4-5-9-12;1-2-4-5-3-1;/h1-9H,10H2;1-5H;. The fourth-order valence-corrected chi connectivity index (χ4v) is 128. The molecule has 89 valence electrons. The van der Waals surface area contributed by atoms with Crippen LogP contribution in [0.3, 0.4) is 0 Å². The van der Waals surface area contributed by atoms with E-state index in [1.807, 2.05) is 0 Å². The van der Waals surface area contributed by atoms with E-state index >= 15 is 0 Å². The molecule has 0 bridgehead atoms. The van der Waals surface area contributed by atoms with Crippen molar-refractivity contribution >= 4 is 0 Å². The van der Waals surface area contributed by atoms with Crippen LogP contribution in [0.25, 0.3) is 0 Å². The fourth-order valence-electron chi connectivity index (χ4n) is 23.0. The van der Waals surface area contributed by atoms with Crippen molar-refractivity contribution in [3.05, 3.63) is 35.9 Å². The van der Waals surface area contributed by atoms with E-state index in [0.29, 0.717) is 0 Å². The van der Waals surface area contributed by atoms with Crippen LogP contribution in [0.2, 0.25) is 45.8 Å². The van der Waals surface area contributed by atoms with Gasteiger partial charge < -0.3 is 0 Å². The third kappa shape index (κ3) is 0.0679. The van der Waals surface area contributed by atoms with Crippen LogP contribution in [-0.2, 0) is 13.7 Å². The molecule has 0 radical (unpaired) electrons. The Morgan fingerprint density at radius 2 is 1.33 bits per heavy atom. The molecule has 11 rings (SSSR count). The van der Waals surface area contributed by atoms with Gasteiger partial charge in [-0.2, -0.15) is 0 Å². The fraction of sp³-hybridized carbons (Fsp3) is 0.647. The average molecular weight is 271 g/mol. The minimum atomic E-state index is -3.03. The molecule has 0 N–H and O–H groups in total. The molecule has 0 aromatic heterocycles. The van der Waals surface area contributed by atoms with E-state index in [2.05, 4.69) is 30.3 Å².